The molecule has 6 heteroatoms. The number of carboxylic acid groups (broad SMARTS) is 1. The van der Waals surface area contributed by atoms with E-state index in [2.05, 4.69) is 9.47 Å². The van der Waals surface area contributed by atoms with Crippen molar-refractivity contribution >= 4 is 17.9 Å². The summed E-state index contributed by atoms with van der Waals surface area (Å²) in [5.74, 6) is -2.51. The fourth-order valence-electron chi connectivity index (χ4n) is 0.656. The van der Waals surface area contributed by atoms with Crippen LogP contribution in [0.5, 0.6) is 0 Å². The van der Waals surface area contributed by atoms with Crippen LogP contribution in [0.25, 0.3) is 0 Å². The molecule has 0 aliphatic carbocycles. The van der Waals surface area contributed by atoms with Crippen LogP contribution in [0.1, 0.15) is 13.3 Å². The number of carbonyl (C=O) groups excluding carboxylic acids is 2. The lowest BCUT2D eigenvalue weighted by Gasteiger charge is -2.01. The first-order valence-corrected chi connectivity index (χ1v) is 4.29. The van der Waals surface area contributed by atoms with Gasteiger partial charge in [0, 0.05) is 12.2 Å². The SMILES string of the molecule is CCOC(=O)CCOC(=O)/C=C/C(=O)O. The van der Waals surface area contributed by atoms with E-state index in [-0.39, 0.29) is 19.6 Å². The van der Waals surface area contributed by atoms with Crippen LogP contribution in [0.2, 0.25) is 0 Å². The zero-order valence-corrected chi connectivity index (χ0v) is 8.26. The molecule has 0 radical (unpaired) electrons. The number of ether oxygens (including phenoxy) is 2. The number of carboxylic acids is 1. The average molecular weight is 216 g/mol. The Morgan fingerprint density at radius 2 is 1.87 bits per heavy atom. The van der Waals surface area contributed by atoms with Crippen LogP contribution in [0.4, 0.5) is 0 Å². The van der Waals surface area contributed by atoms with Gasteiger partial charge in [0.1, 0.15) is 6.61 Å². The summed E-state index contributed by atoms with van der Waals surface area (Å²) in [4.78, 5) is 31.5. The Morgan fingerprint density at radius 1 is 1.20 bits per heavy atom. The summed E-state index contributed by atoms with van der Waals surface area (Å²) in [5.41, 5.74) is 0. The van der Waals surface area contributed by atoms with E-state index in [4.69, 9.17) is 5.11 Å². The predicted molar refractivity (Wildman–Crippen MR) is 49.0 cm³/mol. The van der Waals surface area contributed by atoms with Gasteiger partial charge in [0.2, 0.25) is 0 Å². The van der Waals surface area contributed by atoms with E-state index in [1.54, 1.807) is 6.92 Å². The summed E-state index contributed by atoms with van der Waals surface area (Å²) >= 11 is 0. The van der Waals surface area contributed by atoms with E-state index in [0.717, 1.165) is 6.08 Å². The van der Waals surface area contributed by atoms with E-state index >= 15 is 0 Å². The van der Waals surface area contributed by atoms with Gasteiger partial charge in [-0.15, -0.1) is 0 Å². The van der Waals surface area contributed by atoms with Crippen LogP contribution in [-0.4, -0.2) is 36.2 Å². The molecule has 1 N–H and O–H groups in total. The van der Waals surface area contributed by atoms with Crippen LogP contribution >= 0.6 is 0 Å². The maximum absolute atomic E-state index is 10.8. The van der Waals surface area contributed by atoms with Crippen LogP contribution in [0, 0.1) is 0 Å². The summed E-state index contributed by atoms with van der Waals surface area (Å²) in [7, 11) is 0. The molecule has 0 saturated heterocycles. The zero-order valence-electron chi connectivity index (χ0n) is 8.26. The molecule has 0 spiro atoms. The molecule has 0 aliphatic heterocycles. The van der Waals surface area contributed by atoms with E-state index < -0.39 is 17.9 Å². The van der Waals surface area contributed by atoms with Crippen LogP contribution in [0.3, 0.4) is 0 Å². The molecule has 0 aromatic carbocycles. The molecular formula is C9H12O6. The van der Waals surface area contributed by atoms with Crippen LogP contribution < -0.4 is 0 Å². The molecule has 0 aromatic rings. The first kappa shape index (κ1) is 13.2. The molecule has 0 rings (SSSR count). The van der Waals surface area contributed by atoms with Gasteiger partial charge < -0.3 is 14.6 Å². The van der Waals surface area contributed by atoms with Gasteiger partial charge in [0.15, 0.2) is 0 Å². The minimum absolute atomic E-state index is 0.0412. The molecule has 0 aliphatic rings. The normalized spacial score (nSPS) is 9.93. The van der Waals surface area contributed by atoms with Gasteiger partial charge in [-0.2, -0.15) is 0 Å². The second-order valence-electron chi connectivity index (χ2n) is 2.39. The lowest BCUT2D eigenvalue weighted by atomic mass is 10.4. The second kappa shape index (κ2) is 7.54. The molecule has 84 valence electrons. The Kier molecular flexibility index (Phi) is 6.61. The predicted octanol–water partition coefficient (Wildman–Crippen LogP) is 0.124. The van der Waals surface area contributed by atoms with E-state index in [1.807, 2.05) is 0 Å². The summed E-state index contributed by atoms with van der Waals surface area (Å²) in [5, 5.41) is 8.18. The van der Waals surface area contributed by atoms with Crippen molar-refractivity contribution in [1.82, 2.24) is 0 Å². The maximum Gasteiger partial charge on any atom is 0.331 e. The fraction of sp³-hybridized carbons (Fsp3) is 0.444. The van der Waals surface area contributed by atoms with Crippen molar-refractivity contribution in [3.05, 3.63) is 12.2 Å². The molecule has 0 bridgehead atoms. The minimum Gasteiger partial charge on any atom is -0.478 e. The third kappa shape index (κ3) is 8.48. The summed E-state index contributed by atoms with van der Waals surface area (Å²) < 4.78 is 9.10. The first-order chi connectivity index (χ1) is 7.06. The van der Waals surface area contributed by atoms with Crippen molar-refractivity contribution in [3.8, 4) is 0 Å². The molecular weight excluding hydrogens is 204 g/mol. The molecule has 6 nitrogen and oxygen atoms in total. The van der Waals surface area contributed by atoms with Gasteiger partial charge in [0.25, 0.3) is 0 Å². The van der Waals surface area contributed by atoms with Gasteiger partial charge in [-0.05, 0) is 6.92 Å². The number of aliphatic carboxylic acids is 1. The average Bonchev–Trinajstić information content (AvgIpc) is 2.15. The smallest absolute Gasteiger partial charge is 0.331 e. The van der Waals surface area contributed by atoms with E-state index in [1.165, 1.54) is 0 Å². The lowest BCUT2D eigenvalue weighted by Crippen LogP contribution is -2.10. The highest BCUT2D eigenvalue weighted by Gasteiger charge is 2.03. The summed E-state index contributed by atoms with van der Waals surface area (Å²) in [6, 6.07) is 0. The molecule has 15 heavy (non-hydrogen) atoms. The quantitative estimate of drug-likeness (QED) is 0.501. The van der Waals surface area contributed by atoms with Crippen LogP contribution in [-0.2, 0) is 23.9 Å². The highest BCUT2D eigenvalue weighted by atomic mass is 16.5. The Hall–Kier alpha value is -1.85. The number of rotatable bonds is 6. The Labute approximate surface area is 86.5 Å². The fourth-order valence-corrected chi connectivity index (χ4v) is 0.656. The molecule has 0 amide bonds. The highest BCUT2D eigenvalue weighted by Crippen LogP contribution is 1.89. The van der Waals surface area contributed by atoms with Gasteiger partial charge >= 0.3 is 17.9 Å². The van der Waals surface area contributed by atoms with Crippen LogP contribution in [0.15, 0.2) is 12.2 Å². The topological polar surface area (TPSA) is 89.9 Å². The van der Waals surface area contributed by atoms with Gasteiger partial charge in [0.05, 0.1) is 13.0 Å². The van der Waals surface area contributed by atoms with Crippen molar-refractivity contribution in [2.24, 2.45) is 0 Å². The summed E-state index contributed by atoms with van der Waals surface area (Å²) in [6.45, 7) is 1.81. The molecule has 0 atom stereocenters. The standard InChI is InChI=1S/C9H12O6/c1-2-14-9(13)5-6-15-8(12)4-3-7(10)11/h3-4H,2,5-6H2,1H3,(H,10,11)/b4-3+. The monoisotopic (exact) mass is 216 g/mol. The van der Waals surface area contributed by atoms with Crippen molar-refractivity contribution in [1.29, 1.82) is 0 Å². The Bertz CT molecular complexity index is 268. The molecule has 0 unspecified atom stereocenters. The highest BCUT2D eigenvalue weighted by molar-refractivity contribution is 5.90. The van der Waals surface area contributed by atoms with Gasteiger partial charge in [-0.1, -0.05) is 0 Å². The number of hydrogen-bond acceptors (Lipinski definition) is 5. The minimum atomic E-state index is -1.24. The largest absolute Gasteiger partial charge is 0.478 e. The first-order valence-electron chi connectivity index (χ1n) is 4.29. The molecule has 0 fully saturated rings. The Balaban J connectivity index is 3.64. The summed E-state index contributed by atoms with van der Waals surface area (Å²) in [6.07, 6.45) is 1.39. The van der Waals surface area contributed by atoms with Crippen molar-refractivity contribution < 1.29 is 29.0 Å². The van der Waals surface area contributed by atoms with Crippen molar-refractivity contribution in [2.45, 2.75) is 13.3 Å². The van der Waals surface area contributed by atoms with E-state index in [9.17, 15) is 14.4 Å². The molecule has 0 aromatic heterocycles. The molecule has 0 heterocycles. The second-order valence-corrected chi connectivity index (χ2v) is 2.39. The Morgan fingerprint density at radius 3 is 2.40 bits per heavy atom. The zero-order chi connectivity index (χ0) is 11.7. The van der Waals surface area contributed by atoms with Crippen molar-refractivity contribution in [3.63, 3.8) is 0 Å². The van der Waals surface area contributed by atoms with Crippen molar-refractivity contribution in [2.75, 3.05) is 13.2 Å². The van der Waals surface area contributed by atoms with Gasteiger partial charge in [-0.25, -0.2) is 9.59 Å². The third-order valence-electron chi connectivity index (χ3n) is 1.22. The molecule has 0 saturated carbocycles. The number of carbonyl (C=O) groups is 3. The maximum atomic E-state index is 10.8. The number of esters is 2. The van der Waals surface area contributed by atoms with Gasteiger partial charge in [-0.3, -0.25) is 4.79 Å². The number of hydrogen-bond donors (Lipinski definition) is 1. The third-order valence-corrected chi connectivity index (χ3v) is 1.22. The lowest BCUT2D eigenvalue weighted by molar-refractivity contribution is -0.147. The van der Waals surface area contributed by atoms with E-state index in [0.29, 0.717) is 6.08 Å².